The van der Waals surface area contributed by atoms with Crippen LogP contribution in [0.2, 0.25) is 0 Å². The molecule has 1 aromatic rings. The van der Waals surface area contributed by atoms with Crippen molar-refractivity contribution in [1.82, 2.24) is 4.90 Å². The monoisotopic (exact) mass is 256 g/mol. The number of nitrogens with zero attached hydrogens (tertiary/aromatic N) is 1. The molecule has 1 aromatic carbocycles. The number of rotatable bonds is 1. The Morgan fingerprint density at radius 2 is 1.89 bits per heavy atom. The Balaban J connectivity index is 2.18. The molecular formula is C12H14F2N2O2. The maximum atomic E-state index is 13.2. The number of amides is 1. The number of likely N-dealkylation sites (tertiary alicyclic amines) is 1. The number of hydrogen-bond acceptors (Lipinski definition) is 2. The van der Waals surface area contributed by atoms with Crippen LogP contribution in [0.15, 0.2) is 18.2 Å². The van der Waals surface area contributed by atoms with Crippen molar-refractivity contribution in [1.29, 1.82) is 0 Å². The van der Waals surface area contributed by atoms with Crippen LogP contribution in [0.5, 0.6) is 0 Å². The topological polar surface area (TPSA) is 66.6 Å². The van der Waals surface area contributed by atoms with Gasteiger partial charge in [-0.2, -0.15) is 0 Å². The summed E-state index contributed by atoms with van der Waals surface area (Å²) in [7, 11) is 0. The molecular weight excluding hydrogens is 242 g/mol. The van der Waals surface area contributed by atoms with Crippen LogP contribution in [0.25, 0.3) is 0 Å². The minimum atomic E-state index is -0.984. The largest absolute Gasteiger partial charge is 0.465 e. The van der Waals surface area contributed by atoms with Crippen molar-refractivity contribution in [2.75, 3.05) is 13.1 Å². The summed E-state index contributed by atoms with van der Waals surface area (Å²) in [5.41, 5.74) is 5.87. The number of piperidine rings is 1. The first-order chi connectivity index (χ1) is 8.42. The minimum Gasteiger partial charge on any atom is -0.465 e. The number of carboxylic acid groups (broad SMARTS) is 1. The highest BCUT2D eigenvalue weighted by Gasteiger charge is 2.34. The number of carbonyl (C=O) groups is 1. The van der Waals surface area contributed by atoms with Crippen molar-refractivity contribution in [2.24, 2.45) is 5.73 Å². The molecule has 1 aliphatic heterocycles. The fourth-order valence-electron chi connectivity index (χ4n) is 2.19. The molecule has 0 bridgehead atoms. The lowest BCUT2D eigenvalue weighted by molar-refractivity contribution is 0.117. The Kier molecular flexibility index (Phi) is 3.21. The summed E-state index contributed by atoms with van der Waals surface area (Å²) in [6, 6.07) is 3.59. The van der Waals surface area contributed by atoms with E-state index in [9.17, 15) is 13.6 Å². The lowest BCUT2D eigenvalue weighted by Gasteiger charge is -2.38. The Morgan fingerprint density at radius 1 is 1.28 bits per heavy atom. The van der Waals surface area contributed by atoms with Crippen molar-refractivity contribution in [3.8, 4) is 0 Å². The van der Waals surface area contributed by atoms with Gasteiger partial charge in [-0.1, -0.05) is 6.07 Å². The summed E-state index contributed by atoms with van der Waals surface area (Å²) in [6.07, 6.45) is -0.197. The number of nitrogens with two attached hydrogens (primary N) is 1. The van der Waals surface area contributed by atoms with Gasteiger partial charge in [0.2, 0.25) is 0 Å². The SMILES string of the molecule is NC1(c2ccc(F)c(F)c2)CCN(C(=O)O)CC1. The molecule has 0 aromatic heterocycles. The van der Waals surface area contributed by atoms with Gasteiger partial charge in [-0.15, -0.1) is 0 Å². The van der Waals surface area contributed by atoms with E-state index in [1.165, 1.54) is 11.0 Å². The van der Waals surface area contributed by atoms with Crippen molar-refractivity contribution in [3.63, 3.8) is 0 Å². The molecule has 1 heterocycles. The first-order valence-electron chi connectivity index (χ1n) is 5.65. The lowest BCUT2D eigenvalue weighted by Crippen LogP contribution is -2.49. The third-order valence-electron chi connectivity index (χ3n) is 3.42. The molecule has 2 rings (SSSR count). The highest BCUT2D eigenvalue weighted by molar-refractivity contribution is 5.65. The molecule has 6 heteroatoms. The predicted molar refractivity (Wildman–Crippen MR) is 61.1 cm³/mol. The van der Waals surface area contributed by atoms with E-state index in [1.54, 1.807) is 0 Å². The first-order valence-corrected chi connectivity index (χ1v) is 5.65. The zero-order chi connectivity index (χ0) is 13.3. The Hall–Kier alpha value is -1.69. The van der Waals surface area contributed by atoms with Gasteiger partial charge in [0.15, 0.2) is 11.6 Å². The molecule has 1 saturated heterocycles. The summed E-state index contributed by atoms with van der Waals surface area (Å²) in [6.45, 7) is 0.593. The molecule has 0 saturated carbocycles. The Labute approximate surface area is 103 Å². The van der Waals surface area contributed by atoms with E-state index in [1.807, 2.05) is 0 Å². The van der Waals surface area contributed by atoms with Gasteiger partial charge >= 0.3 is 6.09 Å². The molecule has 98 valence electrons. The van der Waals surface area contributed by atoms with Crippen LogP contribution in [0.3, 0.4) is 0 Å². The summed E-state index contributed by atoms with van der Waals surface area (Å²) in [4.78, 5) is 12.0. The van der Waals surface area contributed by atoms with Crippen LogP contribution in [0.4, 0.5) is 13.6 Å². The Morgan fingerprint density at radius 3 is 2.39 bits per heavy atom. The summed E-state index contributed by atoms with van der Waals surface area (Å²) < 4.78 is 26.0. The van der Waals surface area contributed by atoms with Crippen LogP contribution in [-0.2, 0) is 5.54 Å². The van der Waals surface area contributed by atoms with Crippen molar-refractivity contribution >= 4 is 6.09 Å². The molecule has 0 atom stereocenters. The van der Waals surface area contributed by atoms with Gasteiger partial charge in [-0.25, -0.2) is 13.6 Å². The molecule has 0 spiro atoms. The second-order valence-corrected chi connectivity index (χ2v) is 4.55. The third kappa shape index (κ3) is 2.28. The molecule has 4 nitrogen and oxygen atoms in total. The maximum Gasteiger partial charge on any atom is 0.407 e. The van der Waals surface area contributed by atoms with E-state index in [4.69, 9.17) is 10.8 Å². The smallest absolute Gasteiger partial charge is 0.407 e. The van der Waals surface area contributed by atoms with Gasteiger partial charge in [0.05, 0.1) is 0 Å². The van der Waals surface area contributed by atoms with Crippen LogP contribution in [0.1, 0.15) is 18.4 Å². The zero-order valence-corrected chi connectivity index (χ0v) is 9.70. The predicted octanol–water partition coefficient (Wildman–Crippen LogP) is 1.89. The Bertz CT molecular complexity index is 471. The molecule has 1 aliphatic rings. The van der Waals surface area contributed by atoms with E-state index in [0.717, 1.165) is 12.1 Å². The van der Waals surface area contributed by atoms with Gasteiger partial charge in [0.1, 0.15) is 0 Å². The van der Waals surface area contributed by atoms with Crippen LogP contribution >= 0.6 is 0 Å². The normalized spacial score (nSPS) is 18.7. The zero-order valence-electron chi connectivity index (χ0n) is 9.70. The van der Waals surface area contributed by atoms with Gasteiger partial charge in [-0.05, 0) is 30.5 Å². The molecule has 1 fully saturated rings. The van der Waals surface area contributed by atoms with Gasteiger partial charge in [0, 0.05) is 18.6 Å². The quantitative estimate of drug-likeness (QED) is 0.806. The van der Waals surface area contributed by atoms with E-state index in [0.29, 0.717) is 31.5 Å². The van der Waals surface area contributed by atoms with Crippen LogP contribution < -0.4 is 5.73 Å². The van der Waals surface area contributed by atoms with Crippen molar-refractivity contribution < 1.29 is 18.7 Å². The lowest BCUT2D eigenvalue weighted by atomic mass is 9.82. The molecule has 18 heavy (non-hydrogen) atoms. The van der Waals surface area contributed by atoms with E-state index < -0.39 is 23.3 Å². The van der Waals surface area contributed by atoms with Crippen molar-refractivity contribution in [3.05, 3.63) is 35.4 Å². The second kappa shape index (κ2) is 4.53. The number of halogens is 2. The average Bonchev–Trinajstić information content (AvgIpc) is 2.33. The molecule has 0 aliphatic carbocycles. The highest BCUT2D eigenvalue weighted by Crippen LogP contribution is 2.31. The molecule has 0 unspecified atom stereocenters. The van der Waals surface area contributed by atoms with Crippen molar-refractivity contribution in [2.45, 2.75) is 18.4 Å². The first kappa shape index (κ1) is 12.8. The summed E-state index contributed by atoms with van der Waals surface area (Å²) >= 11 is 0. The average molecular weight is 256 g/mol. The molecule has 3 N–H and O–H groups in total. The molecule has 0 radical (unpaired) electrons. The summed E-state index contributed by atoms with van der Waals surface area (Å²) in [5, 5.41) is 8.84. The van der Waals surface area contributed by atoms with Gasteiger partial charge in [-0.3, -0.25) is 0 Å². The standard InChI is InChI=1S/C12H14F2N2O2/c13-9-2-1-8(7-10(9)14)12(15)3-5-16(6-4-12)11(17)18/h1-2,7H,3-6,15H2,(H,17,18). The van der Waals surface area contributed by atoms with Gasteiger partial charge < -0.3 is 15.7 Å². The fraction of sp³-hybridized carbons (Fsp3) is 0.417. The van der Waals surface area contributed by atoms with E-state index >= 15 is 0 Å². The third-order valence-corrected chi connectivity index (χ3v) is 3.42. The van der Waals surface area contributed by atoms with E-state index in [2.05, 4.69) is 0 Å². The van der Waals surface area contributed by atoms with Gasteiger partial charge in [0.25, 0.3) is 0 Å². The summed E-state index contributed by atoms with van der Waals surface area (Å²) in [5.74, 6) is -1.84. The number of benzene rings is 1. The number of hydrogen-bond donors (Lipinski definition) is 2. The van der Waals surface area contributed by atoms with Crippen LogP contribution in [-0.4, -0.2) is 29.2 Å². The fourth-order valence-corrected chi connectivity index (χ4v) is 2.19. The molecule has 1 amide bonds. The minimum absolute atomic E-state index is 0.296. The van der Waals surface area contributed by atoms with Crippen LogP contribution in [0, 0.1) is 11.6 Å². The highest BCUT2D eigenvalue weighted by atomic mass is 19.2. The van der Waals surface area contributed by atoms with E-state index in [-0.39, 0.29) is 0 Å². The maximum absolute atomic E-state index is 13.2. The second-order valence-electron chi connectivity index (χ2n) is 4.55.